The van der Waals surface area contributed by atoms with Gasteiger partial charge < -0.3 is 4.74 Å². The lowest BCUT2D eigenvalue weighted by Crippen LogP contribution is -2.28. The topological polar surface area (TPSA) is 50.1 Å². The third-order valence-electron chi connectivity index (χ3n) is 3.47. The second-order valence-electron chi connectivity index (χ2n) is 5.17. The molecule has 0 N–H and O–H groups in total. The number of carbonyl (C=O) groups is 1. The smallest absolute Gasteiger partial charge is 0.160 e. The first-order valence-corrected chi connectivity index (χ1v) is 6.63. The summed E-state index contributed by atoms with van der Waals surface area (Å²) in [6, 6.07) is 9.31. The van der Waals surface area contributed by atoms with E-state index in [1.54, 1.807) is 24.3 Å². The average Bonchev–Trinajstić information content (AvgIpc) is 2.41. The van der Waals surface area contributed by atoms with E-state index in [2.05, 4.69) is 6.07 Å². The van der Waals surface area contributed by atoms with Crippen LogP contribution in [0.15, 0.2) is 24.3 Å². The average molecular weight is 259 g/mol. The SMILES string of the molecule is CCOc1ccc(C(C#N)C(=O)C(C)(C)CC)cc1. The van der Waals surface area contributed by atoms with Gasteiger partial charge in [0.1, 0.15) is 11.7 Å². The summed E-state index contributed by atoms with van der Waals surface area (Å²) in [6.45, 7) is 8.25. The third kappa shape index (κ3) is 3.57. The maximum atomic E-state index is 12.4. The van der Waals surface area contributed by atoms with Crippen molar-refractivity contribution in [2.24, 2.45) is 5.41 Å². The van der Waals surface area contributed by atoms with Crippen molar-refractivity contribution in [3.63, 3.8) is 0 Å². The molecule has 1 rings (SSSR count). The number of nitriles is 1. The van der Waals surface area contributed by atoms with Crippen molar-refractivity contribution in [2.45, 2.75) is 40.0 Å². The molecule has 1 aromatic carbocycles. The molecule has 3 heteroatoms. The molecule has 0 aliphatic carbocycles. The summed E-state index contributed by atoms with van der Waals surface area (Å²) in [6.07, 6.45) is 0.723. The highest BCUT2D eigenvalue weighted by Gasteiger charge is 2.33. The Labute approximate surface area is 115 Å². The molecule has 0 bridgehead atoms. The van der Waals surface area contributed by atoms with Gasteiger partial charge in [0.15, 0.2) is 5.78 Å². The summed E-state index contributed by atoms with van der Waals surface area (Å²) < 4.78 is 5.36. The molecule has 0 heterocycles. The third-order valence-corrected chi connectivity index (χ3v) is 3.47. The Kier molecular flexibility index (Phi) is 5.11. The van der Waals surface area contributed by atoms with Crippen LogP contribution in [0.3, 0.4) is 0 Å². The maximum Gasteiger partial charge on any atom is 0.160 e. The molecule has 0 saturated carbocycles. The Hall–Kier alpha value is -1.82. The van der Waals surface area contributed by atoms with Crippen LogP contribution in [0.5, 0.6) is 5.75 Å². The van der Waals surface area contributed by atoms with E-state index >= 15 is 0 Å². The summed E-state index contributed by atoms with van der Waals surface area (Å²) in [7, 11) is 0. The van der Waals surface area contributed by atoms with E-state index in [1.165, 1.54) is 0 Å². The molecule has 1 aromatic rings. The molecule has 102 valence electrons. The van der Waals surface area contributed by atoms with Crippen LogP contribution in [0.4, 0.5) is 0 Å². The second-order valence-corrected chi connectivity index (χ2v) is 5.17. The predicted molar refractivity (Wildman–Crippen MR) is 75.0 cm³/mol. The quantitative estimate of drug-likeness (QED) is 0.782. The Morgan fingerprint density at radius 1 is 1.32 bits per heavy atom. The number of ether oxygens (including phenoxy) is 1. The van der Waals surface area contributed by atoms with Crippen molar-refractivity contribution in [1.29, 1.82) is 5.26 Å². The fraction of sp³-hybridized carbons (Fsp3) is 0.500. The predicted octanol–water partition coefficient (Wildman–Crippen LogP) is 3.70. The zero-order chi connectivity index (χ0) is 14.5. The molecule has 0 saturated heterocycles. The minimum atomic E-state index is -0.703. The van der Waals surface area contributed by atoms with Gasteiger partial charge in [-0.15, -0.1) is 0 Å². The monoisotopic (exact) mass is 259 g/mol. The van der Waals surface area contributed by atoms with Crippen LogP contribution in [0.2, 0.25) is 0 Å². The number of nitrogens with zero attached hydrogens (tertiary/aromatic N) is 1. The summed E-state index contributed by atoms with van der Waals surface area (Å²) in [5, 5.41) is 9.28. The highest BCUT2D eigenvalue weighted by atomic mass is 16.5. The van der Waals surface area contributed by atoms with Crippen molar-refractivity contribution in [3.05, 3.63) is 29.8 Å². The maximum absolute atomic E-state index is 12.4. The van der Waals surface area contributed by atoms with Gasteiger partial charge in [-0.25, -0.2) is 0 Å². The van der Waals surface area contributed by atoms with Crippen molar-refractivity contribution < 1.29 is 9.53 Å². The Morgan fingerprint density at radius 2 is 1.89 bits per heavy atom. The molecule has 0 aliphatic heterocycles. The Bertz CT molecular complexity index is 469. The minimum absolute atomic E-state index is 0.0262. The van der Waals surface area contributed by atoms with Gasteiger partial charge >= 0.3 is 0 Å². The molecule has 19 heavy (non-hydrogen) atoms. The fourth-order valence-corrected chi connectivity index (χ4v) is 1.77. The summed E-state index contributed by atoms with van der Waals surface area (Å²) in [5.41, 5.74) is 0.261. The summed E-state index contributed by atoms with van der Waals surface area (Å²) in [4.78, 5) is 12.4. The molecule has 0 aromatic heterocycles. The van der Waals surface area contributed by atoms with Gasteiger partial charge in [-0.05, 0) is 31.0 Å². The number of Topliss-reactive ketones (excluding diaryl/α,β-unsaturated/α-hetero) is 1. The van der Waals surface area contributed by atoms with E-state index < -0.39 is 11.3 Å². The molecule has 0 amide bonds. The molecule has 0 aliphatic rings. The lowest BCUT2D eigenvalue weighted by molar-refractivity contribution is -0.127. The van der Waals surface area contributed by atoms with Crippen LogP contribution < -0.4 is 4.74 Å². The molecule has 3 nitrogen and oxygen atoms in total. The van der Waals surface area contributed by atoms with Crippen LogP contribution in [-0.2, 0) is 4.79 Å². The first kappa shape index (κ1) is 15.2. The van der Waals surface area contributed by atoms with Gasteiger partial charge in [-0.3, -0.25) is 4.79 Å². The first-order chi connectivity index (χ1) is 8.96. The lowest BCUT2D eigenvalue weighted by Gasteiger charge is -2.23. The van der Waals surface area contributed by atoms with Gasteiger partial charge in [0.25, 0.3) is 0 Å². The normalized spacial score (nSPS) is 12.6. The molecule has 0 radical (unpaired) electrons. The second kappa shape index (κ2) is 6.38. The molecular formula is C16H21NO2. The number of hydrogen-bond acceptors (Lipinski definition) is 3. The molecule has 0 spiro atoms. The fourth-order valence-electron chi connectivity index (χ4n) is 1.77. The highest BCUT2D eigenvalue weighted by Crippen LogP contribution is 2.30. The van der Waals surface area contributed by atoms with Crippen molar-refractivity contribution in [3.8, 4) is 11.8 Å². The minimum Gasteiger partial charge on any atom is -0.494 e. The molecule has 1 unspecified atom stereocenters. The summed E-state index contributed by atoms with van der Waals surface area (Å²) >= 11 is 0. The van der Waals surface area contributed by atoms with Crippen LogP contribution in [0.25, 0.3) is 0 Å². The van der Waals surface area contributed by atoms with E-state index in [4.69, 9.17) is 4.74 Å². The zero-order valence-electron chi connectivity index (χ0n) is 12.1. The van der Waals surface area contributed by atoms with Gasteiger partial charge in [-0.1, -0.05) is 32.9 Å². The van der Waals surface area contributed by atoms with Gasteiger partial charge in [0.05, 0.1) is 12.7 Å². The van der Waals surface area contributed by atoms with Crippen LogP contribution in [0.1, 0.15) is 45.6 Å². The number of ketones is 1. The lowest BCUT2D eigenvalue weighted by atomic mass is 9.77. The van der Waals surface area contributed by atoms with Gasteiger partial charge in [0.2, 0.25) is 0 Å². The highest BCUT2D eigenvalue weighted by molar-refractivity contribution is 5.92. The molecule has 1 atom stereocenters. The van der Waals surface area contributed by atoms with E-state index in [-0.39, 0.29) is 5.78 Å². The number of carbonyl (C=O) groups excluding carboxylic acids is 1. The largest absolute Gasteiger partial charge is 0.494 e. The van der Waals surface area contributed by atoms with Gasteiger partial charge in [-0.2, -0.15) is 5.26 Å². The Balaban J connectivity index is 2.98. The summed E-state index contributed by atoms with van der Waals surface area (Å²) in [5.74, 6) is 0.0254. The van der Waals surface area contributed by atoms with Crippen LogP contribution in [-0.4, -0.2) is 12.4 Å². The van der Waals surface area contributed by atoms with Gasteiger partial charge in [0, 0.05) is 5.41 Å². The Morgan fingerprint density at radius 3 is 2.32 bits per heavy atom. The van der Waals surface area contributed by atoms with Crippen molar-refractivity contribution in [2.75, 3.05) is 6.61 Å². The van der Waals surface area contributed by atoms with Crippen LogP contribution in [0, 0.1) is 16.7 Å². The van der Waals surface area contributed by atoms with Crippen LogP contribution >= 0.6 is 0 Å². The number of rotatable bonds is 6. The van der Waals surface area contributed by atoms with E-state index in [1.807, 2.05) is 27.7 Å². The number of hydrogen-bond donors (Lipinski definition) is 0. The standard InChI is InChI=1S/C16H21NO2/c1-5-16(3,4)15(18)14(11-17)12-7-9-13(10-8-12)19-6-2/h7-10,14H,5-6H2,1-4H3. The van der Waals surface area contributed by atoms with E-state index in [0.717, 1.165) is 17.7 Å². The van der Waals surface area contributed by atoms with Crippen molar-refractivity contribution in [1.82, 2.24) is 0 Å². The number of benzene rings is 1. The van der Waals surface area contributed by atoms with E-state index in [9.17, 15) is 10.1 Å². The van der Waals surface area contributed by atoms with E-state index in [0.29, 0.717) is 6.61 Å². The molecule has 0 fully saturated rings. The molecular weight excluding hydrogens is 238 g/mol. The van der Waals surface area contributed by atoms with Crippen molar-refractivity contribution >= 4 is 5.78 Å². The zero-order valence-corrected chi connectivity index (χ0v) is 12.1. The first-order valence-electron chi connectivity index (χ1n) is 6.63.